The van der Waals surface area contributed by atoms with Gasteiger partial charge in [-0.25, -0.2) is 0 Å². The Morgan fingerprint density at radius 1 is 0.862 bits per heavy atom. The summed E-state index contributed by atoms with van der Waals surface area (Å²) >= 11 is 0. The van der Waals surface area contributed by atoms with Crippen LogP contribution in [0.5, 0.6) is 5.75 Å². The molecule has 0 bridgehead atoms. The lowest BCUT2D eigenvalue weighted by atomic mass is 9.94. The number of phenols is 1. The number of anilines is 2. The molecule has 2 aliphatic rings. The average molecular weight is 393 g/mol. The minimum atomic E-state index is 0.0807. The summed E-state index contributed by atoms with van der Waals surface area (Å²) in [5, 5.41) is 10.0. The highest BCUT2D eigenvalue weighted by atomic mass is 16.3. The van der Waals surface area contributed by atoms with Gasteiger partial charge in [-0.3, -0.25) is 9.59 Å². The number of hydrogen-bond donors (Lipinski definition) is 1. The van der Waals surface area contributed by atoms with Crippen molar-refractivity contribution in [2.24, 2.45) is 5.92 Å². The lowest BCUT2D eigenvalue weighted by molar-refractivity contribution is -0.136. The summed E-state index contributed by atoms with van der Waals surface area (Å²) in [6.45, 7) is 4.58. The van der Waals surface area contributed by atoms with E-state index in [0.29, 0.717) is 24.4 Å². The van der Waals surface area contributed by atoms with Crippen LogP contribution in [0.3, 0.4) is 0 Å². The van der Waals surface area contributed by atoms with Crippen LogP contribution in [0.25, 0.3) is 0 Å². The van der Waals surface area contributed by atoms with Crippen LogP contribution in [0.15, 0.2) is 48.5 Å². The van der Waals surface area contributed by atoms with Crippen LogP contribution in [0.1, 0.15) is 23.2 Å². The molecular weight excluding hydrogens is 366 g/mol. The first-order chi connectivity index (χ1) is 14.2. The Morgan fingerprint density at radius 3 is 2.14 bits per heavy atom. The zero-order chi connectivity index (χ0) is 20.2. The van der Waals surface area contributed by atoms with Crippen molar-refractivity contribution in [3.05, 3.63) is 54.1 Å². The number of benzene rings is 2. The molecule has 6 heteroatoms. The zero-order valence-electron chi connectivity index (χ0n) is 16.5. The number of aldehydes is 1. The maximum Gasteiger partial charge on any atom is 0.225 e. The first kappa shape index (κ1) is 19.3. The molecule has 152 valence electrons. The van der Waals surface area contributed by atoms with Gasteiger partial charge in [0.15, 0.2) is 0 Å². The van der Waals surface area contributed by atoms with E-state index in [1.54, 1.807) is 6.07 Å². The Labute approximate surface area is 171 Å². The highest BCUT2D eigenvalue weighted by Crippen LogP contribution is 2.29. The number of aromatic hydroxyl groups is 1. The fourth-order valence-corrected chi connectivity index (χ4v) is 4.31. The van der Waals surface area contributed by atoms with Crippen molar-refractivity contribution >= 4 is 23.6 Å². The van der Waals surface area contributed by atoms with Gasteiger partial charge >= 0.3 is 0 Å². The van der Waals surface area contributed by atoms with E-state index in [1.807, 2.05) is 47.4 Å². The second-order valence-electron chi connectivity index (χ2n) is 7.77. The summed E-state index contributed by atoms with van der Waals surface area (Å²) in [4.78, 5) is 30.2. The number of para-hydroxylation sites is 2. The molecule has 0 aromatic heterocycles. The molecule has 0 spiro atoms. The number of phenolic OH excluding ortho intramolecular Hbond substituents is 1. The number of carbonyl (C=O) groups is 2. The Balaban J connectivity index is 1.29. The zero-order valence-corrected chi connectivity index (χ0v) is 16.5. The molecule has 2 heterocycles. The molecular formula is C23H27N3O3. The quantitative estimate of drug-likeness (QED) is 0.810. The van der Waals surface area contributed by atoms with Crippen LogP contribution in [0, 0.1) is 5.92 Å². The van der Waals surface area contributed by atoms with Gasteiger partial charge in [0.2, 0.25) is 5.91 Å². The van der Waals surface area contributed by atoms with Gasteiger partial charge in [0.1, 0.15) is 12.0 Å². The summed E-state index contributed by atoms with van der Waals surface area (Å²) in [5.74, 6) is 0.635. The van der Waals surface area contributed by atoms with Gasteiger partial charge in [0.05, 0.1) is 5.69 Å². The van der Waals surface area contributed by atoms with E-state index in [4.69, 9.17) is 0 Å². The lowest BCUT2D eigenvalue weighted by Gasteiger charge is -2.39. The number of amides is 1. The number of piperazine rings is 1. The molecule has 4 rings (SSSR count). The molecule has 2 aromatic rings. The van der Waals surface area contributed by atoms with Gasteiger partial charge < -0.3 is 19.8 Å². The van der Waals surface area contributed by atoms with Crippen LogP contribution < -0.4 is 9.80 Å². The van der Waals surface area contributed by atoms with Crippen molar-refractivity contribution in [2.75, 3.05) is 49.1 Å². The van der Waals surface area contributed by atoms with Crippen LogP contribution in [-0.2, 0) is 4.79 Å². The van der Waals surface area contributed by atoms with Crippen molar-refractivity contribution in [1.29, 1.82) is 0 Å². The van der Waals surface area contributed by atoms with Gasteiger partial charge in [-0.05, 0) is 49.2 Å². The molecule has 6 nitrogen and oxygen atoms in total. The molecule has 29 heavy (non-hydrogen) atoms. The smallest absolute Gasteiger partial charge is 0.225 e. The second-order valence-corrected chi connectivity index (χ2v) is 7.77. The first-order valence-corrected chi connectivity index (χ1v) is 10.3. The predicted octanol–water partition coefficient (Wildman–Crippen LogP) is 2.77. The van der Waals surface area contributed by atoms with E-state index in [9.17, 15) is 14.7 Å². The van der Waals surface area contributed by atoms with E-state index in [-0.39, 0.29) is 11.8 Å². The third kappa shape index (κ3) is 4.21. The highest BCUT2D eigenvalue weighted by molar-refractivity contribution is 5.80. The van der Waals surface area contributed by atoms with Gasteiger partial charge in [-0.15, -0.1) is 0 Å². The Kier molecular flexibility index (Phi) is 5.69. The maximum absolute atomic E-state index is 13.0. The maximum atomic E-state index is 13.0. The summed E-state index contributed by atoms with van der Waals surface area (Å²) < 4.78 is 0. The number of piperidine rings is 1. The molecule has 2 aromatic carbocycles. The minimum Gasteiger partial charge on any atom is -0.506 e. The van der Waals surface area contributed by atoms with E-state index in [1.165, 1.54) is 0 Å². The molecule has 2 fully saturated rings. The Bertz CT molecular complexity index is 852. The summed E-state index contributed by atoms with van der Waals surface area (Å²) in [7, 11) is 0. The number of carbonyl (C=O) groups excluding carboxylic acids is 2. The van der Waals surface area contributed by atoms with Crippen molar-refractivity contribution in [3.8, 4) is 5.75 Å². The summed E-state index contributed by atoms with van der Waals surface area (Å²) in [6.07, 6.45) is 2.56. The molecule has 0 atom stereocenters. The van der Waals surface area contributed by atoms with E-state index in [0.717, 1.165) is 56.7 Å². The summed E-state index contributed by atoms with van der Waals surface area (Å²) in [5.41, 5.74) is 2.63. The molecule has 0 saturated carbocycles. The van der Waals surface area contributed by atoms with E-state index >= 15 is 0 Å². The van der Waals surface area contributed by atoms with Crippen LogP contribution in [0.4, 0.5) is 11.4 Å². The fraction of sp³-hybridized carbons (Fsp3) is 0.391. The largest absolute Gasteiger partial charge is 0.506 e. The van der Waals surface area contributed by atoms with Crippen LogP contribution in [-0.4, -0.2) is 61.5 Å². The molecule has 2 saturated heterocycles. The molecule has 1 N–H and O–H groups in total. The van der Waals surface area contributed by atoms with E-state index < -0.39 is 0 Å². The highest BCUT2D eigenvalue weighted by Gasteiger charge is 2.30. The van der Waals surface area contributed by atoms with Crippen molar-refractivity contribution in [2.45, 2.75) is 12.8 Å². The van der Waals surface area contributed by atoms with Gasteiger partial charge in [-0.2, -0.15) is 0 Å². The molecule has 0 aliphatic carbocycles. The number of hydrogen-bond acceptors (Lipinski definition) is 5. The minimum absolute atomic E-state index is 0.0807. The van der Waals surface area contributed by atoms with Gasteiger partial charge in [0, 0.05) is 56.4 Å². The van der Waals surface area contributed by atoms with Crippen LogP contribution >= 0.6 is 0 Å². The van der Waals surface area contributed by atoms with Crippen LogP contribution in [0.2, 0.25) is 0 Å². The predicted molar refractivity (Wildman–Crippen MR) is 114 cm³/mol. The van der Waals surface area contributed by atoms with Gasteiger partial charge in [-0.1, -0.05) is 12.1 Å². The normalized spacial score (nSPS) is 18.0. The molecule has 0 radical (unpaired) electrons. The molecule has 2 aliphatic heterocycles. The molecule has 0 unspecified atom stereocenters. The first-order valence-electron chi connectivity index (χ1n) is 10.3. The standard InChI is InChI=1S/C23H27N3O3/c27-17-18-5-7-20(8-6-18)24-11-9-19(10-12-24)23(29)26-15-13-25(14-16-26)21-3-1-2-4-22(21)28/h1-8,17,19,28H,9-16H2. The van der Waals surface area contributed by atoms with Crippen molar-refractivity contribution in [1.82, 2.24) is 4.90 Å². The Hall–Kier alpha value is -3.02. The monoisotopic (exact) mass is 393 g/mol. The van der Waals surface area contributed by atoms with Crippen molar-refractivity contribution < 1.29 is 14.7 Å². The average Bonchev–Trinajstić information content (AvgIpc) is 2.79. The molecule has 1 amide bonds. The lowest BCUT2D eigenvalue weighted by Crippen LogP contribution is -2.51. The topological polar surface area (TPSA) is 64.1 Å². The number of nitrogens with zero attached hydrogens (tertiary/aromatic N) is 3. The Morgan fingerprint density at radius 2 is 1.52 bits per heavy atom. The van der Waals surface area contributed by atoms with E-state index in [2.05, 4.69) is 9.80 Å². The van der Waals surface area contributed by atoms with Crippen molar-refractivity contribution in [3.63, 3.8) is 0 Å². The second kappa shape index (κ2) is 8.55. The SMILES string of the molecule is O=Cc1ccc(N2CCC(C(=O)N3CCN(c4ccccc4O)CC3)CC2)cc1. The fourth-order valence-electron chi connectivity index (χ4n) is 4.31. The summed E-state index contributed by atoms with van der Waals surface area (Å²) in [6, 6.07) is 15.0. The van der Waals surface area contributed by atoms with Gasteiger partial charge in [0.25, 0.3) is 0 Å². The third-order valence-corrected chi connectivity index (χ3v) is 6.05. The third-order valence-electron chi connectivity index (χ3n) is 6.05. The number of rotatable bonds is 4.